The van der Waals surface area contributed by atoms with Crippen LogP contribution >= 0.6 is 0 Å². The Hall–Kier alpha value is -2.17. The van der Waals surface area contributed by atoms with E-state index in [0.29, 0.717) is 0 Å². The fourth-order valence-corrected chi connectivity index (χ4v) is 3.26. The van der Waals surface area contributed by atoms with Crippen LogP contribution in [0.3, 0.4) is 0 Å². The minimum atomic E-state index is -0.241. The molecule has 1 aromatic heterocycles. The average molecular weight is 315 g/mol. The van der Waals surface area contributed by atoms with Gasteiger partial charge in [0, 0.05) is 24.2 Å². The van der Waals surface area contributed by atoms with Gasteiger partial charge in [0.1, 0.15) is 5.82 Å². The maximum Gasteiger partial charge on any atom is 0.224 e. The van der Waals surface area contributed by atoms with Crippen LogP contribution in [0, 0.1) is 18.7 Å². The summed E-state index contributed by atoms with van der Waals surface area (Å²) < 4.78 is 14.8. The molecule has 0 spiro atoms. The predicted molar refractivity (Wildman–Crippen MR) is 86.4 cm³/mol. The Kier molecular flexibility index (Phi) is 4.20. The van der Waals surface area contributed by atoms with Gasteiger partial charge in [0.15, 0.2) is 0 Å². The minimum absolute atomic E-state index is 0.0279. The number of aromatic nitrogens is 2. The summed E-state index contributed by atoms with van der Waals surface area (Å²) in [4.78, 5) is 12.6. The van der Waals surface area contributed by atoms with Crippen molar-refractivity contribution in [2.75, 3.05) is 0 Å². The highest BCUT2D eigenvalue weighted by atomic mass is 19.1. The fourth-order valence-electron chi connectivity index (χ4n) is 3.26. The molecule has 4 nitrogen and oxygen atoms in total. The molecule has 1 heterocycles. The van der Waals surface area contributed by atoms with Crippen molar-refractivity contribution in [2.24, 2.45) is 13.0 Å². The van der Waals surface area contributed by atoms with Crippen LogP contribution in [0.25, 0.3) is 0 Å². The summed E-state index contributed by atoms with van der Waals surface area (Å²) >= 11 is 0. The topological polar surface area (TPSA) is 46.9 Å². The maximum atomic E-state index is 13.0. The molecule has 1 aliphatic rings. The smallest absolute Gasteiger partial charge is 0.224 e. The van der Waals surface area contributed by atoms with Gasteiger partial charge in [-0.15, -0.1) is 0 Å². The second-order valence-electron chi connectivity index (χ2n) is 6.38. The lowest BCUT2D eigenvalue weighted by Crippen LogP contribution is -2.40. The van der Waals surface area contributed by atoms with E-state index in [9.17, 15) is 9.18 Å². The highest BCUT2D eigenvalue weighted by Crippen LogP contribution is 2.42. The molecule has 3 rings (SSSR count). The first kappa shape index (κ1) is 15.7. The van der Waals surface area contributed by atoms with Crippen molar-refractivity contribution >= 4 is 5.91 Å². The Balaban J connectivity index is 1.66. The monoisotopic (exact) mass is 315 g/mol. The molecule has 0 bridgehead atoms. The molecule has 122 valence electrons. The SMILES string of the molecule is Cc1c(C(C)NC(=O)C2CCC2c2ccc(F)cc2)cnn1C. The van der Waals surface area contributed by atoms with E-state index in [1.165, 1.54) is 12.1 Å². The van der Waals surface area contributed by atoms with E-state index in [0.717, 1.165) is 29.7 Å². The Morgan fingerprint density at radius 2 is 2.04 bits per heavy atom. The van der Waals surface area contributed by atoms with Crippen molar-refractivity contribution in [3.63, 3.8) is 0 Å². The normalized spacial score (nSPS) is 21.6. The number of rotatable bonds is 4. The number of hydrogen-bond donors (Lipinski definition) is 1. The maximum absolute atomic E-state index is 13.0. The third kappa shape index (κ3) is 3.00. The highest BCUT2D eigenvalue weighted by Gasteiger charge is 2.38. The first-order valence-electron chi connectivity index (χ1n) is 8.01. The quantitative estimate of drug-likeness (QED) is 0.941. The van der Waals surface area contributed by atoms with Gasteiger partial charge in [0.05, 0.1) is 12.2 Å². The largest absolute Gasteiger partial charge is 0.349 e. The lowest BCUT2D eigenvalue weighted by atomic mass is 9.69. The van der Waals surface area contributed by atoms with E-state index in [1.54, 1.807) is 18.3 Å². The third-order valence-corrected chi connectivity index (χ3v) is 5.01. The number of benzene rings is 1. The van der Waals surface area contributed by atoms with Gasteiger partial charge in [0.2, 0.25) is 5.91 Å². The minimum Gasteiger partial charge on any atom is -0.349 e. The number of aryl methyl sites for hydroxylation is 1. The van der Waals surface area contributed by atoms with Gasteiger partial charge >= 0.3 is 0 Å². The summed E-state index contributed by atoms with van der Waals surface area (Å²) in [6.45, 7) is 3.98. The lowest BCUT2D eigenvalue weighted by Gasteiger charge is -2.36. The van der Waals surface area contributed by atoms with Crippen molar-refractivity contribution in [2.45, 2.75) is 38.6 Å². The summed E-state index contributed by atoms with van der Waals surface area (Å²) in [6.07, 6.45) is 3.66. The van der Waals surface area contributed by atoms with Crippen LogP contribution in [0.1, 0.15) is 48.5 Å². The number of carbonyl (C=O) groups excluding carboxylic acids is 1. The van der Waals surface area contributed by atoms with Gasteiger partial charge in [-0.05, 0) is 50.3 Å². The van der Waals surface area contributed by atoms with E-state index >= 15 is 0 Å². The van der Waals surface area contributed by atoms with Gasteiger partial charge in [-0.25, -0.2) is 4.39 Å². The second kappa shape index (κ2) is 6.14. The van der Waals surface area contributed by atoms with Crippen molar-refractivity contribution in [3.8, 4) is 0 Å². The molecule has 1 amide bonds. The second-order valence-corrected chi connectivity index (χ2v) is 6.38. The summed E-state index contributed by atoms with van der Waals surface area (Å²) in [5, 5.41) is 7.32. The van der Waals surface area contributed by atoms with Crippen LogP contribution in [0.4, 0.5) is 4.39 Å². The van der Waals surface area contributed by atoms with E-state index < -0.39 is 0 Å². The molecule has 0 saturated heterocycles. The van der Waals surface area contributed by atoms with E-state index in [2.05, 4.69) is 10.4 Å². The molecule has 0 aliphatic heterocycles. The number of halogens is 1. The van der Waals surface area contributed by atoms with Gasteiger partial charge in [-0.1, -0.05) is 12.1 Å². The van der Waals surface area contributed by atoms with Crippen molar-refractivity contribution in [3.05, 3.63) is 53.1 Å². The summed E-state index contributed by atoms with van der Waals surface area (Å²) in [5.74, 6) is -0.00578. The summed E-state index contributed by atoms with van der Waals surface area (Å²) in [7, 11) is 1.89. The summed E-state index contributed by atoms with van der Waals surface area (Å²) in [6, 6.07) is 6.43. The molecule has 0 radical (unpaired) electrons. The van der Waals surface area contributed by atoms with Crippen LogP contribution in [0.5, 0.6) is 0 Å². The molecular formula is C18H22FN3O. The van der Waals surface area contributed by atoms with Crippen molar-refractivity contribution in [1.29, 1.82) is 0 Å². The van der Waals surface area contributed by atoms with Crippen LogP contribution in [0.15, 0.2) is 30.5 Å². The molecule has 23 heavy (non-hydrogen) atoms. The summed E-state index contributed by atoms with van der Waals surface area (Å²) in [5.41, 5.74) is 3.14. The molecule has 5 heteroatoms. The lowest BCUT2D eigenvalue weighted by molar-refractivity contribution is -0.129. The molecular weight excluding hydrogens is 293 g/mol. The zero-order chi connectivity index (χ0) is 16.6. The highest BCUT2D eigenvalue weighted by molar-refractivity contribution is 5.81. The van der Waals surface area contributed by atoms with Crippen molar-refractivity contribution < 1.29 is 9.18 Å². The third-order valence-electron chi connectivity index (χ3n) is 5.01. The number of amides is 1. The molecule has 1 saturated carbocycles. The van der Waals surface area contributed by atoms with Gasteiger partial charge in [-0.2, -0.15) is 5.10 Å². The van der Waals surface area contributed by atoms with Gasteiger partial charge < -0.3 is 5.32 Å². The molecule has 1 aliphatic carbocycles. The zero-order valence-electron chi connectivity index (χ0n) is 13.7. The standard InChI is InChI=1S/C18H22FN3O/c1-11(17-10-20-22(3)12(17)2)21-18(23)16-9-8-15(16)13-4-6-14(19)7-5-13/h4-7,10-11,15-16H,8-9H2,1-3H3,(H,21,23). The van der Waals surface area contributed by atoms with E-state index in [4.69, 9.17) is 0 Å². The Morgan fingerprint density at radius 1 is 1.35 bits per heavy atom. The Morgan fingerprint density at radius 3 is 2.57 bits per heavy atom. The Labute approximate surface area is 135 Å². The molecule has 3 atom stereocenters. The van der Waals surface area contributed by atoms with E-state index in [-0.39, 0.29) is 29.6 Å². The van der Waals surface area contributed by atoms with E-state index in [1.807, 2.05) is 25.6 Å². The predicted octanol–water partition coefficient (Wildman–Crippen LogP) is 3.24. The van der Waals surface area contributed by atoms with Gasteiger partial charge in [0.25, 0.3) is 0 Å². The van der Waals surface area contributed by atoms with Crippen LogP contribution in [-0.2, 0) is 11.8 Å². The number of nitrogens with one attached hydrogen (secondary N) is 1. The molecule has 2 aromatic rings. The van der Waals surface area contributed by atoms with Gasteiger partial charge in [-0.3, -0.25) is 9.48 Å². The number of nitrogens with zero attached hydrogens (tertiary/aromatic N) is 2. The van der Waals surface area contributed by atoms with Crippen LogP contribution < -0.4 is 5.32 Å². The van der Waals surface area contributed by atoms with Crippen molar-refractivity contribution in [1.82, 2.24) is 15.1 Å². The van der Waals surface area contributed by atoms with Crippen LogP contribution in [-0.4, -0.2) is 15.7 Å². The van der Waals surface area contributed by atoms with Crippen LogP contribution in [0.2, 0.25) is 0 Å². The zero-order valence-corrected chi connectivity index (χ0v) is 13.7. The molecule has 3 unspecified atom stereocenters. The average Bonchev–Trinajstić information content (AvgIpc) is 2.80. The molecule has 1 aromatic carbocycles. The Bertz CT molecular complexity index is 708. The number of hydrogen-bond acceptors (Lipinski definition) is 2. The number of carbonyl (C=O) groups is 1. The molecule has 1 N–H and O–H groups in total. The first-order chi connectivity index (χ1) is 11.0. The molecule has 1 fully saturated rings. The first-order valence-corrected chi connectivity index (χ1v) is 8.01. The fraction of sp³-hybridized carbons (Fsp3) is 0.444.